The number of carbonyl (C=O) groups excluding carboxylic acids is 1. The van der Waals surface area contributed by atoms with E-state index in [1.54, 1.807) is 0 Å². The van der Waals surface area contributed by atoms with E-state index in [0.717, 1.165) is 38.4 Å². The summed E-state index contributed by atoms with van der Waals surface area (Å²) in [5.41, 5.74) is 0. The van der Waals surface area contributed by atoms with Gasteiger partial charge in [0.1, 0.15) is 6.29 Å². The lowest BCUT2D eigenvalue weighted by molar-refractivity contribution is -0.107. The first-order valence-electron chi connectivity index (χ1n) is 8.45. The number of allylic oxidation sites excluding steroid dienone is 8. The van der Waals surface area contributed by atoms with Crippen molar-refractivity contribution in [2.75, 3.05) is 0 Å². The molecule has 0 bridgehead atoms. The Bertz CT molecular complexity index is 321. The highest BCUT2D eigenvalue weighted by molar-refractivity contribution is 5.48. The SMILES string of the molecule is CCCCC/C=C\C/C=C\C/C=C\C/C=C\CCCC=O. The molecule has 0 radical (unpaired) electrons. The third-order valence-corrected chi connectivity index (χ3v) is 3.15. The van der Waals surface area contributed by atoms with Gasteiger partial charge in [0, 0.05) is 6.42 Å². The second-order valence-corrected chi connectivity index (χ2v) is 5.19. The highest BCUT2D eigenvalue weighted by Gasteiger charge is 1.81. The van der Waals surface area contributed by atoms with Crippen LogP contribution >= 0.6 is 0 Å². The number of aldehydes is 1. The Labute approximate surface area is 131 Å². The molecule has 0 saturated carbocycles. The van der Waals surface area contributed by atoms with E-state index < -0.39 is 0 Å². The third-order valence-electron chi connectivity index (χ3n) is 3.15. The van der Waals surface area contributed by atoms with Gasteiger partial charge >= 0.3 is 0 Å². The van der Waals surface area contributed by atoms with Gasteiger partial charge in [-0.05, 0) is 44.9 Å². The molecule has 0 spiro atoms. The van der Waals surface area contributed by atoms with Crippen molar-refractivity contribution in [3.8, 4) is 0 Å². The summed E-state index contributed by atoms with van der Waals surface area (Å²) in [7, 11) is 0. The second-order valence-electron chi connectivity index (χ2n) is 5.19. The minimum absolute atomic E-state index is 0.679. The van der Waals surface area contributed by atoms with E-state index in [1.165, 1.54) is 25.7 Å². The third kappa shape index (κ3) is 18.6. The zero-order valence-electron chi connectivity index (χ0n) is 13.7. The van der Waals surface area contributed by atoms with Gasteiger partial charge in [0.15, 0.2) is 0 Å². The van der Waals surface area contributed by atoms with Crippen molar-refractivity contribution in [3.05, 3.63) is 48.6 Å². The number of hydrogen-bond donors (Lipinski definition) is 0. The summed E-state index contributed by atoms with van der Waals surface area (Å²) in [5.74, 6) is 0. The van der Waals surface area contributed by atoms with Gasteiger partial charge in [-0.15, -0.1) is 0 Å². The molecule has 0 unspecified atom stereocenters. The van der Waals surface area contributed by atoms with Crippen LogP contribution in [-0.2, 0) is 4.79 Å². The molecule has 0 aliphatic carbocycles. The highest BCUT2D eigenvalue weighted by atomic mass is 16.1. The molecule has 1 heteroatoms. The molecule has 0 aliphatic heterocycles. The topological polar surface area (TPSA) is 17.1 Å². The van der Waals surface area contributed by atoms with E-state index in [0.29, 0.717) is 6.42 Å². The van der Waals surface area contributed by atoms with E-state index in [4.69, 9.17) is 0 Å². The maximum Gasteiger partial charge on any atom is 0.120 e. The Hall–Kier alpha value is -1.37. The van der Waals surface area contributed by atoms with Crippen LogP contribution in [0, 0.1) is 0 Å². The first kappa shape index (κ1) is 19.6. The first-order chi connectivity index (χ1) is 10.4. The monoisotopic (exact) mass is 288 g/mol. The second kappa shape index (κ2) is 18.6. The van der Waals surface area contributed by atoms with Crippen LogP contribution < -0.4 is 0 Å². The normalized spacial score (nSPS) is 12.4. The van der Waals surface area contributed by atoms with Gasteiger partial charge in [0.2, 0.25) is 0 Å². The summed E-state index contributed by atoms with van der Waals surface area (Å²) < 4.78 is 0. The van der Waals surface area contributed by atoms with E-state index in [2.05, 4.69) is 55.5 Å². The van der Waals surface area contributed by atoms with Crippen LogP contribution in [0.4, 0.5) is 0 Å². The van der Waals surface area contributed by atoms with Crippen LogP contribution in [0.2, 0.25) is 0 Å². The molecule has 0 atom stereocenters. The van der Waals surface area contributed by atoms with Crippen molar-refractivity contribution in [3.63, 3.8) is 0 Å². The maximum atomic E-state index is 10.1. The molecule has 0 saturated heterocycles. The summed E-state index contributed by atoms with van der Waals surface area (Å²) in [6, 6.07) is 0. The molecule has 0 rings (SSSR count). The minimum Gasteiger partial charge on any atom is -0.303 e. The van der Waals surface area contributed by atoms with Crippen LogP contribution in [0.3, 0.4) is 0 Å². The molecule has 0 heterocycles. The molecule has 0 aromatic heterocycles. The lowest BCUT2D eigenvalue weighted by atomic mass is 10.2. The molecule has 0 amide bonds. The van der Waals surface area contributed by atoms with Crippen LogP contribution in [0.5, 0.6) is 0 Å². The lowest BCUT2D eigenvalue weighted by Crippen LogP contribution is -1.73. The summed E-state index contributed by atoms with van der Waals surface area (Å²) >= 11 is 0. The van der Waals surface area contributed by atoms with Crippen molar-refractivity contribution >= 4 is 6.29 Å². The number of hydrogen-bond acceptors (Lipinski definition) is 1. The fourth-order valence-corrected chi connectivity index (χ4v) is 1.88. The van der Waals surface area contributed by atoms with Crippen molar-refractivity contribution in [1.29, 1.82) is 0 Å². The average Bonchev–Trinajstić information content (AvgIpc) is 2.50. The molecule has 21 heavy (non-hydrogen) atoms. The van der Waals surface area contributed by atoms with Gasteiger partial charge in [0.05, 0.1) is 0 Å². The predicted molar refractivity (Wildman–Crippen MR) is 94.5 cm³/mol. The number of unbranched alkanes of at least 4 members (excludes halogenated alkanes) is 5. The molecule has 118 valence electrons. The summed E-state index contributed by atoms with van der Waals surface area (Å²) in [5, 5.41) is 0. The summed E-state index contributed by atoms with van der Waals surface area (Å²) in [6.45, 7) is 2.24. The first-order valence-corrected chi connectivity index (χ1v) is 8.45. The van der Waals surface area contributed by atoms with Gasteiger partial charge < -0.3 is 4.79 Å². The fourth-order valence-electron chi connectivity index (χ4n) is 1.88. The van der Waals surface area contributed by atoms with Crippen molar-refractivity contribution in [1.82, 2.24) is 0 Å². The molecule has 1 nitrogen and oxygen atoms in total. The van der Waals surface area contributed by atoms with E-state index in [1.807, 2.05) is 0 Å². The van der Waals surface area contributed by atoms with Crippen molar-refractivity contribution in [2.45, 2.75) is 71.1 Å². The molecule has 0 aromatic rings. The minimum atomic E-state index is 0.679. The molecule has 0 N–H and O–H groups in total. The van der Waals surface area contributed by atoms with Gasteiger partial charge in [-0.2, -0.15) is 0 Å². The lowest BCUT2D eigenvalue weighted by Gasteiger charge is -1.90. The predicted octanol–water partition coefficient (Wildman–Crippen LogP) is 6.33. The van der Waals surface area contributed by atoms with E-state index in [-0.39, 0.29) is 0 Å². The van der Waals surface area contributed by atoms with Crippen molar-refractivity contribution < 1.29 is 4.79 Å². The smallest absolute Gasteiger partial charge is 0.120 e. The summed E-state index contributed by atoms with van der Waals surface area (Å²) in [6.07, 6.45) is 29.6. The number of carbonyl (C=O) groups is 1. The molecular weight excluding hydrogens is 256 g/mol. The zero-order chi connectivity index (χ0) is 15.4. The standard InChI is InChI=1S/C20H32O/c1-2-3-4-5-6-7-8-9-10-11-12-13-14-15-16-17-18-19-20-21/h6-7,9-10,12-13,15-16,20H,2-5,8,11,14,17-19H2,1H3/b7-6-,10-9-,13-12-,16-15-. The van der Waals surface area contributed by atoms with Gasteiger partial charge in [-0.25, -0.2) is 0 Å². The van der Waals surface area contributed by atoms with Gasteiger partial charge in [-0.3, -0.25) is 0 Å². The van der Waals surface area contributed by atoms with Gasteiger partial charge in [0.25, 0.3) is 0 Å². The highest BCUT2D eigenvalue weighted by Crippen LogP contribution is 2.01. The van der Waals surface area contributed by atoms with Crippen LogP contribution in [0.15, 0.2) is 48.6 Å². The summed E-state index contributed by atoms with van der Waals surface area (Å²) in [4.78, 5) is 10.1. The van der Waals surface area contributed by atoms with E-state index in [9.17, 15) is 4.79 Å². The van der Waals surface area contributed by atoms with Crippen LogP contribution in [0.25, 0.3) is 0 Å². The zero-order valence-corrected chi connectivity index (χ0v) is 13.7. The Morgan fingerprint density at radius 3 is 1.52 bits per heavy atom. The quantitative estimate of drug-likeness (QED) is 0.207. The van der Waals surface area contributed by atoms with E-state index >= 15 is 0 Å². The van der Waals surface area contributed by atoms with Gasteiger partial charge in [-0.1, -0.05) is 68.4 Å². The maximum absolute atomic E-state index is 10.1. The largest absolute Gasteiger partial charge is 0.303 e. The Kier molecular flexibility index (Phi) is 17.4. The Balaban J connectivity index is 3.37. The van der Waals surface area contributed by atoms with Crippen LogP contribution in [-0.4, -0.2) is 6.29 Å². The molecule has 0 aliphatic rings. The average molecular weight is 288 g/mol. The van der Waals surface area contributed by atoms with Crippen LogP contribution in [0.1, 0.15) is 71.1 Å². The number of rotatable bonds is 14. The Morgan fingerprint density at radius 1 is 0.571 bits per heavy atom. The molecule has 0 fully saturated rings. The molecule has 0 aromatic carbocycles. The Morgan fingerprint density at radius 2 is 1.05 bits per heavy atom. The van der Waals surface area contributed by atoms with Crippen molar-refractivity contribution in [2.24, 2.45) is 0 Å². The molecular formula is C20H32O. The fraction of sp³-hybridized carbons (Fsp3) is 0.550.